The highest BCUT2D eigenvalue weighted by Crippen LogP contribution is 2.29. The molecule has 1 amide bonds. The van der Waals surface area contributed by atoms with Crippen molar-refractivity contribution in [2.45, 2.75) is 51.1 Å². The van der Waals surface area contributed by atoms with Gasteiger partial charge in [0.2, 0.25) is 5.91 Å². The zero-order valence-electron chi connectivity index (χ0n) is 9.90. The van der Waals surface area contributed by atoms with Crippen molar-refractivity contribution in [1.82, 2.24) is 4.90 Å². The molecule has 0 aliphatic carbocycles. The van der Waals surface area contributed by atoms with Gasteiger partial charge in [-0.3, -0.25) is 4.79 Å². The lowest BCUT2D eigenvalue weighted by atomic mass is 9.98. The van der Waals surface area contributed by atoms with E-state index in [2.05, 4.69) is 0 Å². The lowest BCUT2D eigenvalue weighted by molar-refractivity contribution is -0.155. The largest absolute Gasteiger partial charge is 0.480 e. The predicted octanol–water partition coefficient (Wildman–Crippen LogP) is 0.579. The van der Waals surface area contributed by atoms with Crippen molar-refractivity contribution in [2.75, 3.05) is 6.54 Å². The van der Waals surface area contributed by atoms with Gasteiger partial charge >= 0.3 is 5.97 Å². The van der Waals surface area contributed by atoms with Gasteiger partial charge in [-0.25, -0.2) is 4.79 Å². The van der Waals surface area contributed by atoms with Gasteiger partial charge < -0.3 is 15.7 Å². The van der Waals surface area contributed by atoms with Gasteiger partial charge in [0, 0.05) is 6.54 Å². The Kier molecular flexibility index (Phi) is 3.91. The van der Waals surface area contributed by atoms with E-state index in [9.17, 15) is 9.59 Å². The van der Waals surface area contributed by atoms with E-state index >= 15 is 0 Å². The van der Waals surface area contributed by atoms with E-state index < -0.39 is 17.6 Å². The summed E-state index contributed by atoms with van der Waals surface area (Å²) in [5.74, 6) is -1.17. The summed E-state index contributed by atoms with van der Waals surface area (Å²) in [7, 11) is 0. The molecular weight excluding hydrogens is 208 g/mol. The average molecular weight is 228 g/mol. The van der Waals surface area contributed by atoms with E-state index in [0.29, 0.717) is 19.4 Å². The number of carbonyl (C=O) groups excluding carboxylic acids is 1. The van der Waals surface area contributed by atoms with Crippen LogP contribution in [0.3, 0.4) is 0 Å². The molecule has 2 atom stereocenters. The molecule has 0 radical (unpaired) electrons. The molecule has 0 spiro atoms. The maximum absolute atomic E-state index is 12.0. The van der Waals surface area contributed by atoms with Crippen LogP contribution in [-0.2, 0) is 9.59 Å². The predicted molar refractivity (Wildman–Crippen MR) is 59.9 cm³/mol. The summed E-state index contributed by atoms with van der Waals surface area (Å²) in [5, 5.41) is 9.17. The molecule has 1 aliphatic heterocycles. The third kappa shape index (κ3) is 2.19. The van der Waals surface area contributed by atoms with E-state index in [0.717, 1.165) is 12.8 Å². The van der Waals surface area contributed by atoms with Crippen LogP contribution in [0.25, 0.3) is 0 Å². The molecule has 1 rings (SSSR count). The molecular formula is C11H20N2O3. The fraction of sp³-hybridized carbons (Fsp3) is 0.818. The molecule has 16 heavy (non-hydrogen) atoms. The number of rotatable bonds is 4. The third-order valence-corrected chi connectivity index (χ3v) is 3.28. The lowest BCUT2D eigenvalue weighted by Gasteiger charge is -2.33. The number of amides is 1. The standard InChI is InChI=1S/C11H20N2O3/c1-3-5-8(12)9(14)13-7-4-6-11(13,2)10(15)16/h8H,3-7,12H2,1-2H3,(H,15,16)/t8-,11?/m1/s1. The number of aliphatic carboxylic acids is 1. The average Bonchev–Trinajstić information content (AvgIpc) is 2.61. The number of likely N-dealkylation sites (tertiary alicyclic amines) is 1. The molecule has 3 N–H and O–H groups in total. The number of nitrogens with two attached hydrogens (primary N) is 1. The second kappa shape index (κ2) is 4.82. The molecule has 1 unspecified atom stereocenters. The van der Waals surface area contributed by atoms with E-state index in [-0.39, 0.29) is 5.91 Å². The van der Waals surface area contributed by atoms with E-state index in [1.807, 2.05) is 6.92 Å². The first-order valence-electron chi connectivity index (χ1n) is 5.74. The Balaban J connectivity index is 2.79. The summed E-state index contributed by atoms with van der Waals surface area (Å²) < 4.78 is 0. The van der Waals surface area contributed by atoms with E-state index in [1.54, 1.807) is 6.92 Å². The van der Waals surface area contributed by atoms with Crippen LogP contribution in [0, 0.1) is 0 Å². The molecule has 92 valence electrons. The second-order valence-corrected chi connectivity index (χ2v) is 4.57. The first kappa shape index (κ1) is 13.0. The summed E-state index contributed by atoms with van der Waals surface area (Å²) in [6, 6.07) is -0.568. The molecule has 1 heterocycles. The molecule has 5 heteroatoms. The summed E-state index contributed by atoms with van der Waals surface area (Å²) in [6.07, 6.45) is 2.66. The SMILES string of the molecule is CCC[C@@H](N)C(=O)N1CCCC1(C)C(=O)O. The highest BCUT2D eigenvalue weighted by atomic mass is 16.4. The summed E-state index contributed by atoms with van der Waals surface area (Å²) >= 11 is 0. The Morgan fingerprint density at radius 1 is 1.56 bits per heavy atom. The summed E-state index contributed by atoms with van der Waals surface area (Å²) in [6.45, 7) is 4.05. The molecule has 0 saturated carbocycles. The number of hydrogen-bond donors (Lipinski definition) is 2. The molecule has 1 fully saturated rings. The van der Waals surface area contributed by atoms with Crippen LogP contribution in [0.15, 0.2) is 0 Å². The Labute approximate surface area is 95.6 Å². The van der Waals surface area contributed by atoms with Crippen molar-refractivity contribution in [3.8, 4) is 0 Å². The minimum absolute atomic E-state index is 0.232. The Hall–Kier alpha value is -1.10. The number of carbonyl (C=O) groups is 2. The topological polar surface area (TPSA) is 83.6 Å². The highest BCUT2D eigenvalue weighted by molar-refractivity contribution is 5.89. The summed E-state index contributed by atoms with van der Waals surface area (Å²) in [5.41, 5.74) is 4.68. The zero-order chi connectivity index (χ0) is 12.3. The van der Waals surface area contributed by atoms with Crippen molar-refractivity contribution >= 4 is 11.9 Å². The highest BCUT2D eigenvalue weighted by Gasteiger charge is 2.46. The van der Waals surface area contributed by atoms with Crippen LogP contribution >= 0.6 is 0 Å². The van der Waals surface area contributed by atoms with Gasteiger partial charge in [-0.2, -0.15) is 0 Å². The first-order chi connectivity index (χ1) is 7.43. The van der Waals surface area contributed by atoms with Crippen molar-refractivity contribution in [3.05, 3.63) is 0 Å². The minimum Gasteiger partial charge on any atom is -0.480 e. The molecule has 0 aromatic rings. The fourth-order valence-corrected chi connectivity index (χ4v) is 2.17. The Morgan fingerprint density at radius 2 is 2.19 bits per heavy atom. The Morgan fingerprint density at radius 3 is 2.69 bits per heavy atom. The minimum atomic E-state index is -1.07. The van der Waals surface area contributed by atoms with Gasteiger partial charge in [0.15, 0.2) is 0 Å². The number of carboxylic acids is 1. The molecule has 1 aliphatic rings. The van der Waals surface area contributed by atoms with Crippen molar-refractivity contribution in [2.24, 2.45) is 5.73 Å². The van der Waals surface area contributed by atoms with Crippen LogP contribution < -0.4 is 5.73 Å². The van der Waals surface area contributed by atoms with Crippen LogP contribution in [0.2, 0.25) is 0 Å². The molecule has 0 aromatic carbocycles. The van der Waals surface area contributed by atoms with Gasteiger partial charge in [-0.05, 0) is 26.2 Å². The van der Waals surface area contributed by atoms with Crippen LogP contribution in [0.5, 0.6) is 0 Å². The third-order valence-electron chi connectivity index (χ3n) is 3.28. The smallest absolute Gasteiger partial charge is 0.329 e. The fourth-order valence-electron chi connectivity index (χ4n) is 2.17. The van der Waals surface area contributed by atoms with Gasteiger partial charge in [0.05, 0.1) is 6.04 Å². The summed E-state index contributed by atoms with van der Waals surface area (Å²) in [4.78, 5) is 24.6. The van der Waals surface area contributed by atoms with E-state index in [4.69, 9.17) is 10.8 Å². The molecule has 1 saturated heterocycles. The second-order valence-electron chi connectivity index (χ2n) is 4.57. The van der Waals surface area contributed by atoms with Crippen molar-refractivity contribution in [3.63, 3.8) is 0 Å². The molecule has 0 aromatic heterocycles. The maximum Gasteiger partial charge on any atom is 0.329 e. The Bertz CT molecular complexity index is 293. The van der Waals surface area contributed by atoms with Crippen molar-refractivity contribution < 1.29 is 14.7 Å². The van der Waals surface area contributed by atoms with E-state index in [1.165, 1.54) is 4.90 Å². The lowest BCUT2D eigenvalue weighted by Crippen LogP contribution is -2.55. The monoisotopic (exact) mass is 228 g/mol. The quantitative estimate of drug-likeness (QED) is 0.737. The van der Waals surface area contributed by atoms with Crippen LogP contribution in [0.4, 0.5) is 0 Å². The number of nitrogens with zero attached hydrogens (tertiary/aromatic N) is 1. The normalized spacial score (nSPS) is 26.8. The van der Waals surface area contributed by atoms with Crippen molar-refractivity contribution in [1.29, 1.82) is 0 Å². The van der Waals surface area contributed by atoms with Crippen LogP contribution in [-0.4, -0.2) is 40.0 Å². The first-order valence-corrected chi connectivity index (χ1v) is 5.74. The van der Waals surface area contributed by atoms with Crippen LogP contribution in [0.1, 0.15) is 39.5 Å². The molecule has 5 nitrogen and oxygen atoms in total. The van der Waals surface area contributed by atoms with Gasteiger partial charge in [-0.1, -0.05) is 13.3 Å². The zero-order valence-corrected chi connectivity index (χ0v) is 9.90. The van der Waals surface area contributed by atoms with Gasteiger partial charge in [0.25, 0.3) is 0 Å². The van der Waals surface area contributed by atoms with Gasteiger partial charge in [-0.15, -0.1) is 0 Å². The number of carboxylic acid groups (broad SMARTS) is 1. The maximum atomic E-state index is 12.0. The van der Waals surface area contributed by atoms with Gasteiger partial charge in [0.1, 0.15) is 5.54 Å². The molecule has 0 bridgehead atoms. The number of hydrogen-bond acceptors (Lipinski definition) is 3.